The van der Waals surface area contributed by atoms with Gasteiger partial charge in [-0.25, -0.2) is 14.4 Å². The Hall–Kier alpha value is -4.55. The molecule has 0 aromatic heterocycles. The monoisotopic (exact) mass is 572 g/mol. The fraction of sp³-hybridized carbons (Fsp3) is 0.345. The predicted molar refractivity (Wildman–Crippen MR) is 144 cm³/mol. The first-order valence-electron chi connectivity index (χ1n) is 12.4. The summed E-state index contributed by atoms with van der Waals surface area (Å²) in [6.07, 6.45) is -0.505. The van der Waals surface area contributed by atoms with Crippen LogP contribution in [0.1, 0.15) is 24.0 Å². The fourth-order valence-electron chi connectivity index (χ4n) is 4.28. The molecule has 2 aromatic rings. The first-order chi connectivity index (χ1) is 19.5. The SMILES string of the molecule is COC(=O)[C@]1(O)C[C@@H](OC(=O)/C=C/c2ccc(OC)c(O)c2)[C@@H](O)[C@H](OC(=O)/C=C/c2ccc(OC)c(OC)c2)C1. The van der Waals surface area contributed by atoms with Gasteiger partial charge in [0.15, 0.2) is 28.6 Å². The van der Waals surface area contributed by atoms with Crippen LogP contribution in [0.2, 0.25) is 0 Å². The minimum absolute atomic E-state index is 0.140. The average molecular weight is 573 g/mol. The molecular formula is C29H32O12. The lowest BCUT2D eigenvalue weighted by Gasteiger charge is -2.41. The number of ether oxygens (including phenoxy) is 6. The summed E-state index contributed by atoms with van der Waals surface area (Å²) < 4.78 is 30.7. The third-order valence-electron chi connectivity index (χ3n) is 6.37. The maximum atomic E-state index is 12.6. The number of carbonyl (C=O) groups is 3. The highest BCUT2D eigenvalue weighted by molar-refractivity contribution is 5.88. The molecule has 220 valence electrons. The Morgan fingerprint density at radius 3 is 1.73 bits per heavy atom. The van der Waals surface area contributed by atoms with Gasteiger partial charge in [-0.15, -0.1) is 0 Å². The molecule has 0 amide bonds. The van der Waals surface area contributed by atoms with Gasteiger partial charge in [0.05, 0.1) is 28.4 Å². The molecule has 1 saturated carbocycles. The number of methoxy groups -OCH3 is 4. The van der Waals surface area contributed by atoms with E-state index in [1.807, 2.05) is 0 Å². The Morgan fingerprint density at radius 2 is 1.27 bits per heavy atom. The van der Waals surface area contributed by atoms with Crippen LogP contribution in [0.5, 0.6) is 23.0 Å². The molecule has 0 bridgehead atoms. The van der Waals surface area contributed by atoms with Crippen molar-refractivity contribution < 1.29 is 58.1 Å². The molecule has 3 rings (SSSR count). The predicted octanol–water partition coefficient (Wildman–Crippen LogP) is 2.03. The maximum absolute atomic E-state index is 12.6. The second-order valence-electron chi connectivity index (χ2n) is 9.09. The summed E-state index contributed by atoms with van der Waals surface area (Å²) in [7, 11) is 5.41. The van der Waals surface area contributed by atoms with Crippen LogP contribution in [0, 0.1) is 0 Å². The van der Waals surface area contributed by atoms with E-state index in [0.29, 0.717) is 22.6 Å². The molecule has 1 aliphatic rings. The summed E-state index contributed by atoms with van der Waals surface area (Å²) in [5.41, 5.74) is -1.18. The van der Waals surface area contributed by atoms with Crippen molar-refractivity contribution in [2.75, 3.05) is 28.4 Å². The number of phenols is 1. The fourth-order valence-corrected chi connectivity index (χ4v) is 4.28. The second kappa shape index (κ2) is 13.7. The molecule has 3 N–H and O–H groups in total. The number of aliphatic hydroxyl groups excluding tert-OH is 1. The maximum Gasteiger partial charge on any atom is 0.338 e. The Labute approximate surface area is 236 Å². The Balaban J connectivity index is 1.73. The van der Waals surface area contributed by atoms with Crippen molar-refractivity contribution in [3.05, 3.63) is 59.7 Å². The highest BCUT2D eigenvalue weighted by Gasteiger charge is 2.52. The number of benzene rings is 2. The number of aromatic hydroxyl groups is 1. The van der Waals surface area contributed by atoms with Gasteiger partial charge in [-0.3, -0.25) is 0 Å². The zero-order valence-electron chi connectivity index (χ0n) is 22.9. The van der Waals surface area contributed by atoms with Crippen molar-refractivity contribution in [2.45, 2.75) is 36.8 Å². The second-order valence-corrected chi connectivity index (χ2v) is 9.09. The van der Waals surface area contributed by atoms with Crippen LogP contribution < -0.4 is 14.2 Å². The molecule has 4 atom stereocenters. The van der Waals surface area contributed by atoms with Gasteiger partial charge in [0, 0.05) is 25.0 Å². The van der Waals surface area contributed by atoms with Crippen LogP contribution in [-0.4, -0.2) is 85.6 Å². The smallest absolute Gasteiger partial charge is 0.338 e. The number of hydrogen-bond donors (Lipinski definition) is 3. The molecule has 12 heteroatoms. The van der Waals surface area contributed by atoms with Crippen molar-refractivity contribution in [3.8, 4) is 23.0 Å². The van der Waals surface area contributed by atoms with Crippen LogP contribution in [-0.2, 0) is 28.6 Å². The standard InChI is InChI=1S/C29H32O12/c1-36-20-9-5-17(13-19(20)30)7-11-25(31)40-23-15-29(35,28(34)39-4)16-24(27(23)33)41-26(32)12-8-18-6-10-21(37-2)22(14-18)38-3/h5-14,23-24,27,30,33,35H,15-16H2,1-4H3/b11-7+,12-8+/t23-,24-,27-,29+/m1/s1. The van der Waals surface area contributed by atoms with E-state index in [4.69, 9.17) is 23.7 Å². The first-order valence-corrected chi connectivity index (χ1v) is 12.4. The Bertz CT molecular complexity index is 1320. The van der Waals surface area contributed by atoms with Crippen LogP contribution in [0.4, 0.5) is 0 Å². The van der Waals surface area contributed by atoms with Crippen molar-refractivity contribution in [1.29, 1.82) is 0 Å². The summed E-state index contributed by atoms with van der Waals surface area (Å²) in [5, 5.41) is 31.7. The van der Waals surface area contributed by atoms with Gasteiger partial charge >= 0.3 is 17.9 Å². The van der Waals surface area contributed by atoms with Crippen LogP contribution in [0.25, 0.3) is 12.2 Å². The van der Waals surface area contributed by atoms with Gasteiger partial charge in [-0.05, 0) is 47.5 Å². The highest BCUT2D eigenvalue weighted by Crippen LogP contribution is 2.34. The van der Waals surface area contributed by atoms with E-state index >= 15 is 0 Å². The van der Waals surface area contributed by atoms with E-state index in [-0.39, 0.29) is 11.5 Å². The number of carbonyl (C=O) groups excluding carboxylic acids is 3. The van der Waals surface area contributed by atoms with E-state index in [1.165, 1.54) is 45.6 Å². The lowest BCUT2D eigenvalue weighted by molar-refractivity contribution is -0.204. The van der Waals surface area contributed by atoms with E-state index < -0.39 is 54.7 Å². The average Bonchev–Trinajstić information content (AvgIpc) is 2.96. The molecule has 41 heavy (non-hydrogen) atoms. The summed E-state index contributed by atoms with van der Waals surface area (Å²) in [6.45, 7) is 0. The molecule has 0 aliphatic heterocycles. The summed E-state index contributed by atoms with van der Waals surface area (Å²) >= 11 is 0. The van der Waals surface area contributed by atoms with Gasteiger partial charge in [0.25, 0.3) is 0 Å². The van der Waals surface area contributed by atoms with Crippen LogP contribution in [0.3, 0.4) is 0 Å². The normalized spacial score (nSPS) is 22.2. The van der Waals surface area contributed by atoms with Crippen molar-refractivity contribution >= 4 is 30.1 Å². The molecule has 1 aliphatic carbocycles. The number of esters is 3. The van der Waals surface area contributed by atoms with E-state index in [0.717, 1.165) is 19.3 Å². The number of hydrogen-bond acceptors (Lipinski definition) is 12. The van der Waals surface area contributed by atoms with Crippen molar-refractivity contribution in [1.82, 2.24) is 0 Å². The minimum Gasteiger partial charge on any atom is -0.504 e. The molecular weight excluding hydrogens is 540 g/mol. The molecule has 1 fully saturated rings. The molecule has 0 saturated heterocycles. The van der Waals surface area contributed by atoms with Gasteiger partial charge in [-0.1, -0.05) is 12.1 Å². The zero-order valence-corrected chi connectivity index (χ0v) is 22.9. The number of aliphatic hydroxyl groups is 2. The molecule has 0 radical (unpaired) electrons. The molecule has 0 spiro atoms. The molecule has 0 heterocycles. The van der Waals surface area contributed by atoms with Gasteiger partial charge < -0.3 is 43.7 Å². The topological polar surface area (TPSA) is 167 Å². The minimum atomic E-state index is -2.21. The third kappa shape index (κ3) is 7.77. The molecule has 2 aromatic carbocycles. The van der Waals surface area contributed by atoms with Crippen LogP contribution in [0.15, 0.2) is 48.6 Å². The highest BCUT2D eigenvalue weighted by atomic mass is 16.6. The van der Waals surface area contributed by atoms with Gasteiger partial charge in [-0.2, -0.15) is 0 Å². The quantitative estimate of drug-likeness (QED) is 0.216. The summed E-state index contributed by atoms with van der Waals surface area (Å²) in [6, 6.07) is 9.39. The largest absolute Gasteiger partial charge is 0.504 e. The first kappa shape index (κ1) is 31.0. The van der Waals surface area contributed by atoms with Crippen molar-refractivity contribution in [2.24, 2.45) is 0 Å². The molecule has 0 unspecified atom stereocenters. The van der Waals surface area contributed by atoms with E-state index in [1.54, 1.807) is 24.3 Å². The van der Waals surface area contributed by atoms with Gasteiger partial charge in [0.2, 0.25) is 0 Å². The summed E-state index contributed by atoms with van der Waals surface area (Å²) in [5.74, 6) is -1.81. The Morgan fingerprint density at radius 1 is 0.780 bits per heavy atom. The van der Waals surface area contributed by atoms with Gasteiger partial charge in [0.1, 0.15) is 18.3 Å². The zero-order chi connectivity index (χ0) is 30.2. The van der Waals surface area contributed by atoms with Crippen molar-refractivity contribution in [3.63, 3.8) is 0 Å². The third-order valence-corrected chi connectivity index (χ3v) is 6.37. The van der Waals surface area contributed by atoms with Crippen LogP contribution >= 0.6 is 0 Å². The Kier molecular flexibility index (Phi) is 10.3. The lowest BCUT2D eigenvalue weighted by atomic mass is 9.79. The molecule has 12 nitrogen and oxygen atoms in total. The summed E-state index contributed by atoms with van der Waals surface area (Å²) in [4.78, 5) is 37.5. The lowest BCUT2D eigenvalue weighted by Crippen LogP contribution is -2.58. The van der Waals surface area contributed by atoms with E-state index in [9.17, 15) is 29.7 Å². The van der Waals surface area contributed by atoms with E-state index in [2.05, 4.69) is 4.74 Å². The number of phenolic OH excluding ortho intramolecular Hbond substituents is 1. The number of rotatable bonds is 10.